The number of methoxy groups -OCH3 is 1. The molecule has 1 aromatic heterocycles. The number of pyridine rings is 1. The number of rotatable bonds is 3. The highest BCUT2D eigenvalue weighted by molar-refractivity contribution is 5.87. The van der Waals surface area contributed by atoms with Crippen molar-refractivity contribution in [3.05, 3.63) is 29.8 Å². The zero-order valence-electron chi connectivity index (χ0n) is 12.7. The maximum Gasteiger partial charge on any atom is 0.221 e. The Hall–Kier alpha value is -1.81. The van der Waals surface area contributed by atoms with Gasteiger partial charge in [0.05, 0.1) is 24.3 Å². The fraction of sp³-hybridized carbons (Fsp3) is 0.471. The number of para-hydroxylation sites is 1. The number of hydrogen-bond acceptors (Lipinski definition) is 4. The molecule has 0 spiro atoms. The van der Waals surface area contributed by atoms with E-state index in [1.54, 1.807) is 7.11 Å². The largest absolute Gasteiger partial charge is 0.496 e. The summed E-state index contributed by atoms with van der Waals surface area (Å²) in [5.74, 6) is 1.36. The maximum atomic E-state index is 10.5. The van der Waals surface area contributed by atoms with E-state index in [-0.39, 0.29) is 0 Å². The minimum Gasteiger partial charge on any atom is -0.496 e. The van der Waals surface area contributed by atoms with Gasteiger partial charge in [0.1, 0.15) is 11.4 Å². The van der Waals surface area contributed by atoms with Crippen LogP contribution in [0.1, 0.15) is 32.3 Å². The molecule has 1 atom stereocenters. The smallest absolute Gasteiger partial charge is 0.221 e. The monoisotopic (exact) mass is 287 g/mol. The van der Waals surface area contributed by atoms with Gasteiger partial charge in [0.25, 0.3) is 0 Å². The Labute approximate surface area is 124 Å². The summed E-state index contributed by atoms with van der Waals surface area (Å²) in [5.41, 5.74) is 1.17. The second kappa shape index (κ2) is 5.19. The van der Waals surface area contributed by atoms with Gasteiger partial charge in [-0.3, -0.25) is 0 Å². The summed E-state index contributed by atoms with van der Waals surface area (Å²) in [6.45, 7) is 4.08. The molecule has 0 radical (unpaired) electrons. The van der Waals surface area contributed by atoms with Gasteiger partial charge < -0.3 is 14.6 Å². The molecule has 4 heteroatoms. The molecule has 1 aliphatic heterocycles. The standard InChI is InChI=1S/C17H21NO3/c1-4-17(5-2)14(19)10-12-15(20-3)11-8-6-7-9-13(11)18-16(12)21-17/h6-9,14,19H,4-5,10H2,1-3H3/t14-/m0/s1. The molecule has 4 nitrogen and oxygen atoms in total. The van der Waals surface area contributed by atoms with E-state index in [0.717, 1.165) is 35.1 Å². The zero-order valence-corrected chi connectivity index (χ0v) is 12.7. The first-order chi connectivity index (χ1) is 10.1. The molecule has 112 valence electrons. The number of benzene rings is 1. The topological polar surface area (TPSA) is 51.6 Å². The molecule has 0 saturated heterocycles. The number of aliphatic hydroxyl groups is 1. The molecule has 1 aliphatic rings. The van der Waals surface area contributed by atoms with Crippen LogP contribution in [0.2, 0.25) is 0 Å². The van der Waals surface area contributed by atoms with Gasteiger partial charge in [-0.1, -0.05) is 26.0 Å². The van der Waals surface area contributed by atoms with Crippen molar-refractivity contribution in [1.29, 1.82) is 0 Å². The highest BCUT2D eigenvalue weighted by Gasteiger charge is 2.43. The number of ether oxygens (including phenoxy) is 2. The van der Waals surface area contributed by atoms with E-state index >= 15 is 0 Å². The molecule has 1 aromatic carbocycles. The van der Waals surface area contributed by atoms with Crippen LogP contribution in [-0.2, 0) is 6.42 Å². The highest BCUT2D eigenvalue weighted by atomic mass is 16.5. The Morgan fingerprint density at radius 1 is 1.33 bits per heavy atom. The van der Waals surface area contributed by atoms with Gasteiger partial charge in [0.15, 0.2) is 0 Å². The van der Waals surface area contributed by atoms with Crippen LogP contribution in [-0.4, -0.2) is 28.9 Å². The van der Waals surface area contributed by atoms with Crippen molar-refractivity contribution in [3.8, 4) is 11.6 Å². The van der Waals surface area contributed by atoms with Gasteiger partial charge in [-0.15, -0.1) is 0 Å². The summed E-state index contributed by atoms with van der Waals surface area (Å²) in [6, 6.07) is 7.84. The van der Waals surface area contributed by atoms with Crippen LogP contribution in [0.15, 0.2) is 24.3 Å². The van der Waals surface area contributed by atoms with Gasteiger partial charge >= 0.3 is 0 Å². The third-order valence-corrected chi connectivity index (χ3v) is 4.61. The highest BCUT2D eigenvalue weighted by Crippen LogP contribution is 2.43. The van der Waals surface area contributed by atoms with Gasteiger partial charge in [-0.05, 0) is 25.0 Å². The van der Waals surface area contributed by atoms with Crippen molar-refractivity contribution in [2.45, 2.75) is 44.8 Å². The molecule has 0 bridgehead atoms. The molecule has 0 aliphatic carbocycles. The number of fused-ring (bicyclic) bond motifs is 2. The first kappa shape index (κ1) is 14.1. The summed E-state index contributed by atoms with van der Waals surface area (Å²) in [5, 5.41) is 11.5. The lowest BCUT2D eigenvalue weighted by Gasteiger charge is -2.41. The molecule has 0 saturated carbocycles. The maximum absolute atomic E-state index is 10.5. The Kier molecular flexibility index (Phi) is 3.49. The quantitative estimate of drug-likeness (QED) is 0.942. The number of aromatic nitrogens is 1. The Morgan fingerprint density at radius 3 is 2.71 bits per heavy atom. The normalized spacial score (nSPS) is 19.9. The van der Waals surface area contributed by atoms with Crippen molar-refractivity contribution < 1.29 is 14.6 Å². The van der Waals surface area contributed by atoms with E-state index in [9.17, 15) is 5.11 Å². The van der Waals surface area contributed by atoms with E-state index in [1.807, 2.05) is 38.1 Å². The molecule has 0 unspecified atom stereocenters. The van der Waals surface area contributed by atoms with Gasteiger partial charge in [-0.25, -0.2) is 4.98 Å². The van der Waals surface area contributed by atoms with E-state index in [2.05, 4.69) is 4.98 Å². The van der Waals surface area contributed by atoms with Crippen LogP contribution >= 0.6 is 0 Å². The summed E-state index contributed by atoms with van der Waals surface area (Å²) in [4.78, 5) is 4.64. The molecular weight excluding hydrogens is 266 g/mol. The van der Waals surface area contributed by atoms with Crippen LogP contribution in [0, 0.1) is 0 Å². The van der Waals surface area contributed by atoms with Crippen LogP contribution < -0.4 is 9.47 Å². The predicted molar refractivity (Wildman–Crippen MR) is 81.9 cm³/mol. The molecular formula is C17H21NO3. The molecule has 3 rings (SSSR count). The average Bonchev–Trinajstić information content (AvgIpc) is 2.52. The SMILES string of the molecule is CCC1(CC)Oc2nc3ccccc3c(OC)c2C[C@@H]1O. The van der Waals surface area contributed by atoms with Crippen LogP contribution in [0.3, 0.4) is 0 Å². The van der Waals surface area contributed by atoms with E-state index in [1.165, 1.54) is 0 Å². The molecule has 1 N–H and O–H groups in total. The second-order valence-electron chi connectivity index (χ2n) is 5.54. The van der Waals surface area contributed by atoms with Crippen molar-refractivity contribution >= 4 is 10.9 Å². The zero-order chi connectivity index (χ0) is 15.0. The third kappa shape index (κ3) is 2.05. The van der Waals surface area contributed by atoms with Gasteiger partial charge in [-0.2, -0.15) is 0 Å². The van der Waals surface area contributed by atoms with Gasteiger partial charge in [0.2, 0.25) is 5.88 Å². The molecule has 0 amide bonds. The Morgan fingerprint density at radius 2 is 2.05 bits per heavy atom. The number of hydrogen-bond donors (Lipinski definition) is 1. The first-order valence-corrected chi connectivity index (χ1v) is 7.48. The number of nitrogens with zero attached hydrogens (tertiary/aromatic N) is 1. The van der Waals surface area contributed by atoms with Crippen molar-refractivity contribution in [3.63, 3.8) is 0 Å². The van der Waals surface area contributed by atoms with Crippen LogP contribution in [0.5, 0.6) is 11.6 Å². The van der Waals surface area contributed by atoms with Crippen molar-refractivity contribution in [1.82, 2.24) is 4.98 Å². The number of aliphatic hydroxyl groups excluding tert-OH is 1. The first-order valence-electron chi connectivity index (χ1n) is 7.48. The summed E-state index contributed by atoms with van der Waals surface area (Å²) in [7, 11) is 1.65. The lowest BCUT2D eigenvalue weighted by atomic mass is 9.84. The van der Waals surface area contributed by atoms with Crippen LogP contribution in [0.4, 0.5) is 0 Å². The summed E-state index contributed by atoms with van der Waals surface area (Å²) >= 11 is 0. The van der Waals surface area contributed by atoms with E-state index < -0.39 is 11.7 Å². The van der Waals surface area contributed by atoms with E-state index in [4.69, 9.17) is 9.47 Å². The van der Waals surface area contributed by atoms with Crippen molar-refractivity contribution in [2.75, 3.05) is 7.11 Å². The Balaban J connectivity index is 2.21. The molecule has 2 aromatic rings. The predicted octanol–water partition coefficient (Wildman–Crippen LogP) is 3.10. The fourth-order valence-electron chi connectivity index (χ4n) is 3.20. The average molecular weight is 287 g/mol. The third-order valence-electron chi connectivity index (χ3n) is 4.61. The van der Waals surface area contributed by atoms with Crippen molar-refractivity contribution in [2.24, 2.45) is 0 Å². The molecule has 0 fully saturated rings. The Bertz CT molecular complexity index is 664. The summed E-state index contributed by atoms with van der Waals surface area (Å²) in [6.07, 6.45) is 1.47. The fourth-order valence-corrected chi connectivity index (χ4v) is 3.20. The molecule has 21 heavy (non-hydrogen) atoms. The lowest BCUT2D eigenvalue weighted by molar-refractivity contribution is -0.0748. The lowest BCUT2D eigenvalue weighted by Crippen LogP contribution is -2.50. The minimum absolute atomic E-state index is 0.512. The minimum atomic E-state index is -0.548. The van der Waals surface area contributed by atoms with Gasteiger partial charge in [0, 0.05) is 11.8 Å². The van der Waals surface area contributed by atoms with E-state index in [0.29, 0.717) is 12.3 Å². The summed E-state index contributed by atoms with van der Waals surface area (Å²) < 4.78 is 11.7. The second-order valence-corrected chi connectivity index (χ2v) is 5.54. The van der Waals surface area contributed by atoms with Crippen LogP contribution in [0.25, 0.3) is 10.9 Å². The molecule has 2 heterocycles.